The number of alkyl halides is 1. The van der Waals surface area contributed by atoms with Gasteiger partial charge < -0.3 is 10.6 Å². The molecular weight excluding hydrogens is 350 g/mol. The maximum atomic E-state index is 13.0. The third-order valence-corrected chi connectivity index (χ3v) is 3.81. The lowest BCUT2D eigenvalue weighted by atomic mass is 10.2. The van der Waals surface area contributed by atoms with Gasteiger partial charge in [-0.2, -0.15) is 0 Å². The molecule has 1 saturated heterocycles. The molecule has 3 rings (SSSR count). The van der Waals surface area contributed by atoms with Crippen molar-refractivity contribution in [2.45, 2.75) is 18.6 Å². The van der Waals surface area contributed by atoms with Gasteiger partial charge >= 0.3 is 0 Å². The Labute approximate surface area is 143 Å². The van der Waals surface area contributed by atoms with Crippen molar-refractivity contribution >= 4 is 47.2 Å². The summed E-state index contributed by atoms with van der Waals surface area (Å²) in [6, 6.07) is 5.08. The van der Waals surface area contributed by atoms with Crippen molar-refractivity contribution in [2.24, 2.45) is 0 Å². The lowest BCUT2D eigenvalue weighted by molar-refractivity contribution is -0.117. The van der Waals surface area contributed by atoms with Crippen molar-refractivity contribution in [3.63, 3.8) is 0 Å². The van der Waals surface area contributed by atoms with Crippen LogP contribution in [0.2, 0.25) is 0 Å². The van der Waals surface area contributed by atoms with Crippen LogP contribution in [0.15, 0.2) is 29.8 Å². The number of hydrogen-bond donors (Lipinski definition) is 2. The van der Waals surface area contributed by atoms with Crippen LogP contribution in [-0.2, 0) is 4.79 Å². The van der Waals surface area contributed by atoms with Gasteiger partial charge in [0.1, 0.15) is 11.9 Å². The number of carbonyl (C=O) groups is 1. The van der Waals surface area contributed by atoms with Crippen LogP contribution in [0, 0.1) is 0 Å². The van der Waals surface area contributed by atoms with E-state index >= 15 is 0 Å². The second-order valence-electron chi connectivity index (χ2n) is 4.54. The lowest BCUT2D eigenvalue weighted by Gasteiger charge is -2.08. The molecule has 1 aliphatic heterocycles. The second-order valence-corrected chi connectivity index (χ2v) is 5.39. The Morgan fingerprint density at radius 3 is 2.82 bits per heavy atom. The molecule has 22 heavy (non-hydrogen) atoms. The van der Waals surface area contributed by atoms with E-state index in [9.17, 15) is 9.18 Å². The highest BCUT2D eigenvalue weighted by Crippen LogP contribution is 2.23. The number of hydrogen-bond acceptors (Lipinski definition) is 5. The molecule has 120 valence electrons. The number of rotatable bonds is 3. The molecule has 2 atom stereocenters. The molecule has 0 radical (unpaired) electrons. The van der Waals surface area contributed by atoms with Gasteiger partial charge in [-0.3, -0.25) is 9.78 Å². The van der Waals surface area contributed by atoms with Crippen LogP contribution in [0.1, 0.15) is 6.42 Å². The summed E-state index contributed by atoms with van der Waals surface area (Å²) >= 11 is 1.33. The molecular formula is C13H15Cl2FN4OS. The average Bonchev–Trinajstić information content (AvgIpc) is 3.09. The summed E-state index contributed by atoms with van der Waals surface area (Å²) in [5.74, 6) is -0.243. The molecule has 0 unspecified atom stereocenters. The topological polar surface area (TPSA) is 66.9 Å². The third-order valence-electron chi connectivity index (χ3n) is 3.06. The predicted octanol–water partition coefficient (Wildman–Crippen LogP) is 2.69. The van der Waals surface area contributed by atoms with Crippen molar-refractivity contribution in [1.82, 2.24) is 15.3 Å². The van der Waals surface area contributed by atoms with Crippen LogP contribution in [-0.4, -0.2) is 34.6 Å². The molecule has 0 saturated carbocycles. The number of nitrogens with one attached hydrogen (secondary N) is 2. The van der Waals surface area contributed by atoms with E-state index in [1.807, 2.05) is 23.6 Å². The van der Waals surface area contributed by atoms with E-state index in [-0.39, 0.29) is 43.7 Å². The predicted molar refractivity (Wildman–Crippen MR) is 89.8 cm³/mol. The first-order chi connectivity index (χ1) is 9.72. The van der Waals surface area contributed by atoms with Gasteiger partial charge in [-0.15, -0.1) is 36.2 Å². The maximum absolute atomic E-state index is 13.0. The lowest BCUT2D eigenvalue weighted by Crippen LogP contribution is -2.35. The highest BCUT2D eigenvalue weighted by Gasteiger charge is 2.29. The van der Waals surface area contributed by atoms with Crippen LogP contribution in [0.3, 0.4) is 0 Å². The summed E-state index contributed by atoms with van der Waals surface area (Å²) in [6.45, 7) is 0.231. The maximum Gasteiger partial charge on any atom is 0.243 e. The normalized spacial score (nSPS) is 19.9. The zero-order valence-electron chi connectivity index (χ0n) is 11.4. The molecule has 0 spiro atoms. The van der Waals surface area contributed by atoms with E-state index in [0.29, 0.717) is 10.8 Å². The van der Waals surface area contributed by atoms with Crippen molar-refractivity contribution in [2.75, 3.05) is 11.9 Å². The summed E-state index contributed by atoms with van der Waals surface area (Å²) in [7, 11) is 0. The van der Waals surface area contributed by atoms with Crippen LogP contribution >= 0.6 is 36.2 Å². The van der Waals surface area contributed by atoms with Gasteiger partial charge in [-0.05, 0) is 12.1 Å². The monoisotopic (exact) mass is 364 g/mol. The van der Waals surface area contributed by atoms with Crippen LogP contribution in [0.25, 0.3) is 11.4 Å². The summed E-state index contributed by atoms with van der Waals surface area (Å²) < 4.78 is 13.0. The van der Waals surface area contributed by atoms with E-state index in [0.717, 1.165) is 5.69 Å². The molecule has 1 aliphatic rings. The minimum atomic E-state index is -0.953. The number of anilines is 1. The van der Waals surface area contributed by atoms with Crippen molar-refractivity contribution < 1.29 is 9.18 Å². The minimum absolute atomic E-state index is 0. The van der Waals surface area contributed by atoms with E-state index < -0.39 is 12.2 Å². The van der Waals surface area contributed by atoms with E-state index in [1.165, 1.54) is 11.3 Å². The molecule has 2 aromatic rings. The molecule has 0 aromatic carbocycles. The Bertz CT molecular complexity index is 613. The van der Waals surface area contributed by atoms with E-state index in [1.54, 1.807) is 6.20 Å². The van der Waals surface area contributed by atoms with Gasteiger partial charge in [-0.25, -0.2) is 9.37 Å². The highest BCUT2D eigenvalue weighted by molar-refractivity contribution is 7.14. The SMILES string of the molecule is Cl.Cl.O=C(Nc1nc(-c2ccccn2)cs1)[C@H]1C[C@H](F)CN1. The number of pyridine rings is 1. The molecule has 1 fully saturated rings. The Morgan fingerprint density at radius 2 is 2.18 bits per heavy atom. The molecule has 0 aliphatic carbocycles. The van der Waals surface area contributed by atoms with Crippen LogP contribution in [0.5, 0.6) is 0 Å². The largest absolute Gasteiger partial charge is 0.303 e. The fourth-order valence-corrected chi connectivity index (χ4v) is 2.76. The number of amides is 1. The second kappa shape index (κ2) is 8.38. The van der Waals surface area contributed by atoms with Gasteiger partial charge in [0.25, 0.3) is 0 Å². The molecule has 3 heterocycles. The van der Waals surface area contributed by atoms with Crippen LogP contribution < -0.4 is 10.6 Å². The smallest absolute Gasteiger partial charge is 0.243 e. The Hall–Kier alpha value is -1.28. The molecule has 1 amide bonds. The number of nitrogens with zero attached hydrogens (tertiary/aromatic N) is 2. The number of carbonyl (C=O) groups excluding carboxylic acids is 1. The van der Waals surface area contributed by atoms with Crippen molar-refractivity contribution in [3.8, 4) is 11.4 Å². The van der Waals surface area contributed by atoms with Crippen LogP contribution in [0.4, 0.5) is 9.52 Å². The molecule has 2 N–H and O–H groups in total. The number of halogens is 3. The first-order valence-corrected chi connectivity index (χ1v) is 7.15. The van der Waals surface area contributed by atoms with E-state index in [4.69, 9.17) is 0 Å². The summed E-state index contributed by atoms with van der Waals surface area (Å²) in [5, 5.41) is 7.88. The minimum Gasteiger partial charge on any atom is -0.303 e. The van der Waals surface area contributed by atoms with Gasteiger partial charge in [0.15, 0.2) is 5.13 Å². The zero-order valence-corrected chi connectivity index (χ0v) is 13.8. The van der Waals surface area contributed by atoms with E-state index in [2.05, 4.69) is 20.6 Å². The molecule has 5 nitrogen and oxygen atoms in total. The first-order valence-electron chi connectivity index (χ1n) is 6.27. The fraction of sp³-hybridized carbons (Fsp3) is 0.308. The molecule has 2 aromatic heterocycles. The Kier molecular flexibility index (Phi) is 7.15. The quantitative estimate of drug-likeness (QED) is 0.878. The number of aromatic nitrogens is 2. The first kappa shape index (κ1) is 18.8. The standard InChI is InChI=1S/C13H13FN4OS.2ClH/c14-8-5-10(16-6-8)12(19)18-13-17-11(7-20-13)9-3-1-2-4-15-9;;/h1-4,7-8,10,16H,5-6H2,(H,17,18,19);2*1H/t8-,10+;;/m0../s1. The Balaban J connectivity index is 0.00000121. The summed E-state index contributed by atoms with van der Waals surface area (Å²) in [6.07, 6.45) is 0.951. The number of thiazole rings is 1. The third kappa shape index (κ3) is 4.36. The van der Waals surface area contributed by atoms with Crippen molar-refractivity contribution in [1.29, 1.82) is 0 Å². The zero-order chi connectivity index (χ0) is 13.9. The van der Waals surface area contributed by atoms with Gasteiger partial charge in [0.05, 0.1) is 11.7 Å². The van der Waals surface area contributed by atoms with Gasteiger partial charge in [0.2, 0.25) is 5.91 Å². The fourth-order valence-electron chi connectivity index (χ4n) is 2.05. The highest BCUT2D eigenvalue weighted by atomic mass is 35.5. The Morgan fingerprint density at radius 1 is 1.36 bits per heavy atom. The van der Waals surface area contributed by atoms with Gasteiger partial charge in [-0.1, -0.05) is 6.07 Å². The molecule has 0 bridgehead atoms. The molecule has 9 heteroatoms. The summed E-state index contributed by atoms with van der Waals surface area (Å²) in [4.78, 5) is 20.4. The van der Waals surface area contributed by atoms with Crippen molar-refractivity contribution in [3.05, 3.63) is 29.8 Å². The average molecular weight is 365 g/mol. The van der Waals surface area contributed by atoms with Gasteiger partial charge in [0, 0.05) is 24.5 Å². The summed E-state index contributed by atoms with van der Waals surface area (Å²) in [5.41, 5.74) is 1.47.